The lowest BCUT2D eigenvalue weighted by atomic mass is 10.0. The Morgan fingerprint density at radius 3 is 2.38 bits per heavy atom. The van der Waals surface area contributed by atoms with Gasteiger partial charge in [0.2, 0.25) is 10.0 Å². The highest BCUT2D eigenvalue weighted by atomic mass is 32.2. The highest BCUT2D eigenvalue weighted by Crippen LogP contribution is 2.22. The Morgan fingerprint density at radius 1 is 1.03 bits per heavy atom. The Morgan fingerprint density at radius 2 is 1.71 bits per heavy atom. The topological polar surface area (TPSA) is 82.2 Å². The molecule has 2 aliphatic rings. The first-order chi connectivity index (χ1) is 16.3. The number of carbonyl (C=O) groups excluding carboxylic acids is 1. The molecule has 0 aliphatic carbocycles. The average Bonchev–Trinajstić information content (AvgIpc) is 2.86. The van der Waals surface area contributed by atoms with E-state index in [9.17, 15) is 17.6 Å². The summed E-state index contributed by atoms with van der Waals surface area (Å²) >= 11 is 0. The zero-order valence-electron chi connectivity index (χ0n) is 19.3. The van der Waals surface area contributed by atoms with Crippen molar-refractivity contribution in [2.45, 2.75) is 10.9 Å². The van der Waals surface area contributed by atoms with Gasteiger partial charge in [-0.25, -0.2) is 12.8 Å². The molecule has 4 rings (SSSR count). The maximum atomic E-state index is 14.7. The van der Waals surface area contributed by atoms with Crippen molar-refractivity contribution >= 4 is 15.9 Å². The molecule has 0 saturated carbocycles. The van der Waals surface area contributed by atoms with Crippen molar-refractivity contribution in [2.75, 3.05) is 66.1 Å². The number of benzene rings is 2. The van der Waals surface area contributed by atoms with Crippen molar-refractivity contribution in [1.82, 2.24) is 19.4 Å². The van der Waals surface area contributed by atoms with Gasteiger partial charge in [0.05, 0.1) is 29.7 Å². The molecule has 1 unspecified atom stereocenters. The van der Waals surface area contributed by atoms with Crippen molar-refractivity contribution in [3.05, 3.63) is 65.5 Å². The maximum absolute atomic E-state index is 14.7. The minimum Gasteiger partial charge on any atom is -0.379 e. The van der Waals surface area contributed by atoms with Gasteiger partial charge in [-0.05, 0) is 30.8 Å². The largest absolute Gasteiger partial charge is 0.379 e. The van der Waals surface area contributed by atoms with Crippen LogP contribution in [0.4, 0.5) is 4.39 Å². The molecule has 0 spiro atoms. The Kier molecular flexibility index (Phi) is 7.95. The van der Waals surface area contributed by atoms with Gasteiger partial charge < -0.3 is 15.0 Å². The first kappa shape index (κ1) is 24.7. The molecule has 2 aromatic rings. The van der Waals surface area contributed by atoms with Gasteiger partial charge in [-0.2, -0.15) is 4.31 Å². The molecule has 184 valence electrons. The number of nitrogens with one attached hydrogen (secondary N) is 1. The van der Waals surface area contributed by atoms with Crippen molar-refractivity contribution in [2.24, 2.45) is 0 Å². The van der Waals surface area contributed by atoms with Crippen LogP contribution in [0.25, 0.3) is 0 Å². The molecule has 0 bridgehead atoms. The van der Waals surface area contributed by atoms with E-state index < -0.39 is 21.7 Å². The van der Waals surface area contributed by atoms with Crippen LogP contribution in [0.1, 0.15) is 22.0 Å². The van der Waals surface area contributed by atoms with Crippen LogP contribution >= 0.6 is 0 Å². The van der Waals surface area contributed by atoms with Crippen molar-refractivity contribution in [3.63, 3.8) is 0 Å². The van der Waals surface area contributed by atoms with E-state index in [1.807, 2.05) is 30.3 Å². The third kappa shape index (κ3) is 5.81. The highest BCUT2D eigenvalue weighted by molar-refractivity contribution is 7.89. The van der Waals surface area contributed by atoms with Crippen LogP contribution in [0, 0.1) is 5.82 Å². The van der Waals surface area contributed by atoms with E-state index >= 15 is 0 Å². The van der Waals surface area contributed by atoms with Crippen molar-refractivity contribution in [1.29, 1.82) is 0 Å². The predicted octanol–water partition coefficient (Wildman–Crippen LogP) is 1.57. The minimum atomic E-state index is -3.85. The molecule has 2 saturated heterocycles. The van der Waals surface area contributed by atoms with Gasteiger partial charge in [-0.3, -0.25) is 9.69 Å². The number of halogens is 1. The van der Waals surface area contributed by atoms with Crippen LogP contribution < -0.4 is 5.32 Å². The second-order valence-corrected chi connectivity index (χ2v) is 10.6. The Labute approximate surface area is 200 Å². The molecule has 2 heterocycles. The summed E-state index contributed by atoms with van der Waals surface area (Å²) in [6, 6.07) is 12.6. The molecule has 2 aliphatic heterocycles. The second-order valence-electron chi connectivity index (χ2n) is 8.70. The van der Waals surface area contributed by atoms with Crippen LogP contribution in [0.2, 0.25) is 0 Å². The van der Waals surface area contributed by atoms with Crippen LogP contribution in [-0.2, 0) is 14.8 Å². The molecule has 0 radical (unpaired) electrons. The van der Waals surface area contributed by atoms with Gasteiger partial charge in [-0.1, -0.05) is 30.3 Å². The molecule has 1 amide bonds. The summed E-state index contributed by atoms with van der Waals surface area (Å²) in [5.41, 5.74) is 0.626. The molecule has 34 heavy (non-hydrogen) atoms. The van der Waals surface area contributed by atoms with Gasteiger partial charge in [0.1, 0.15) is 5.82 Å². The zero-order chi connectivity index (χ0) is 24.1. The number of hydrogen-bond donors (Lipinski definition) is 1. The van der Waals surface area contributed by atoms with Crippen molar-refractivity contribution < 1.29 is 22.3 Å². The third-order valence-electron chi connectivity index (χ3n) is 6.33. The Balaban J connectivity index is 1.55. The molecule has 10 heteroatoms. The number of ether oxygens (including phenoxy) is 1. The van der Waals surface area contributed by atoms with E-state index in [1.165, 1.54) is 10.4 Å². The van der Waals surface area contributed by atoms with Crippen LogP contribution in [-0.4, -0.2) is 94.5 Å². The molecule has 2 aromatic carbocycles. The molecular weight excluding hydrogens is 459 g/mol. The summed E-state index contributed by atoms with van der Waals surface area (Å²) < 4.78 is 47.2. The first-order valence-corrected chi connectivity index (χ1v) is 12.9. The number of piperazine rings is 1. The fraction of sp³-hybridized carbons (Fsp3) is 0.458. The predicted molar refractivity (Wildman–Crippen MR) is 127 cm³/mol. The second kappa shape index (κ2) is 10.9. The number of likely N-dealkylation sites (N-methyl/N-ethyl adjacent to an activating group) is 1. The van der Waals surface area contributed by atoms with E-state index in [0.29, 0.717) is 19.8 Å². The molecule has 1 N–H and O–H groups in total. The number of carbonyl (C=O) groups is 1. The summed E-state index contributed by atoms with van der Waals surface area (Å²) in [6.07, 6.45) is 0. The summed E-state index contributed by atoms with van der Waals surface area (Å²) in [4.78, 5) is 17.6. The van der Waals surface area contributed by atoms with E-state index in [4.69, 9.17) is 4.74 Å². The first-order valence-electron chi connectivity index (χ1n) is 11.5. The van der Waals surface area contributed by atoms with Crippen LogP contribution in [0.3, 0.4) is 0 Å². The van der Waals surface area contributed by atoms with Crippen LogP contribution in [0.15, 0.2) is 53.4 Å². The number of morpholine rings is 1. The monoisotopic (exact) mass is 490 g/mol. The normalized spacial score (nSPS) is 19.6. The smallest absolute Gasteiger partial charge is 0.254 e. The molecule has 0 aromatic heterocycles. The third-order valence-corrected chi connectivity index (χ3v) is 8.23. The Bertz CT molecular complexity index is 1090. The lowest BCUT2D eigenvalue weighted by Crippen LogP contribution is -2.48. The molecule has 2 fully saturated rings. The van der Waals surface area contributed by atoms with Gasteiger partial charge in [0, 0.05) is 45.8 Å². The summed E-state index contributed by atoms with van der Waals surface area (Å²) in [5.74, 6) is -1.40. The fourth-order valence-electron chi connectivity index (χ4n) is 4.22. The molecule has 8 nitrogen and oxygen atoms in total. The highest BCUT2D eigenvalue weighted by Gasteiger charge is 2.29. The molecule has 1 atom stereocenters. The number of nitrogens with zero attached hydrogens (tertiary/aromatic N) is 3. The lowest BCUT2D eigenvalue weighted by molar-refractivity contribution is 0.0730. The van der Waals surface area contributed by atoms with Crippen molar-refractivity contribution in [3.8, 4) is 0 Å². The fourth-order valence-corrected chi connectivity index (χ4v) is 5.65. The average molecular weight is 491 g/mol. The van der Waals surface area contributed by atoms with E-state index in [1.54, 1.807) is 0 Å². The number of rotatable bonds is 7. The van der Waals surface area contributed by atoms with E-state index in [0.717, 1.165) is 43.9 Å². The zero-order valence-corrected chi connectivity index (χ0v) is 20.1. The van der Waals surface area contributed by atoms with Gasteiger partial charge in [0.15, 0.2) is 0 Å². The number of amides is 1. The Hall–Kier alpha value is -2.37. The summed E-state index contributed by atoms with van der Waals surface area (Å²) in [5, 5.41) is 2.94. The van der Waals surface area contributed by atoms with E-state index in [-0.39, 0.29) is 29.6 Å². The lowest BCUT2D eigenvalue weighted by Gasteiger charge is -2.35. The number of hydrogen-bond acceptors (Lipinski definition) is 6. The number of sulfonamides is 1. The minimum absolute atomic E-state index is 0.101. The van der Waals surface area contributed by atoms with Gasteiger partial charge in [0.25, 0.3) is 5.91 Å². The summed E-state index contributed by atoms with van der Waals surface area (Å²) in [7, 11) is -1.77. The standard InChI is InChI=1S/C24H31FN4O4S/c1-27-9-11-28(12-10-27)18-23(19-5-3-2-4-6-19)26-24(30)21-17-20(7-8-22(21)25)34(31,32)29-13-15-33-16-14-29/h2-8,17,23H,9-16,18H2,1H3,(H,26,30). The molecular formula is C24H31FN4O4S. The SMILES string of the molecule is CN1CCN(CC(NC(=O)c2cc(S(=O)(=O)N3CCOCC3)ccc2F)c2ccccc2)CC1. The van der Waals surface area contributed by atoms with Crippen LogP contribution in [0.5, 0.6) is 0 Å². The van der Waals surface area contributed by atoms with Gasteiger partial charge in [-0.15, -0.1) is 0 Å². The summed E-state index contributed by atoms with van der Waals surface area (Å²) in [6.45, 7) is 5.26. The quantitative estimate of drug-likeness (QED) is 0.635. The van der Waals surface area contributed by atoms with Gasteiger partial charge >= 0.3 is 0 Å². The van der Waals surface area contributed by atoms with E-state index in [2.05, 4.69) is 22.2 Å². The maximum Gasteiger partial charge on any atom is 0.254 e.